The Labute approximate surface area is 188 Å². The SMILES string of the molecule is Cc1ccc(C(=O)N2CCC3(CC2)Nc2ccc(Cl)cc2-n2cccc23)cc1N(C)C. The van der Waals surface area contributed by atoms with Crippen LogP contribution in [-0.2, 0) is 5.54 Å². The molecule has 0 unspecified atom stereocenters. The van der Waals surface area contributed by atoms with E-state index in [0.29, 0.717) is 13.1 Å². The first-order valence-electron chi connectivity index (χ1n) is 10.7. The van der Waals surface area contributed by atoms with Gasteiger partial charge in [-0.25, -0.2) is 0 Å². The van der Waals surface area contributed by atoms with Crippen LogP contribution in [0, 0.1) is 6.92 Å². The number of amides is 1. The fraction of sp³-hybridized carbons (Fsp3) is 0.320. The predicted octanol–water partition coefficient (Wildman–Crippen LogP) is 5.06. The molecule has 0 aliphatic carbocycles. The Morgan fingerprint density at radius 3 is 2.61 bits per heavy atom. The third-order valence-corrected chi connectivity index (χ3v) is 6.91. The zero-order valence-electron chi connectivity index (χ0n) is 18.2. The third-order valence-electron chi connectivity index (χ3n) is 6.67. The predicted molar refractivity (Wildman–Crippen MR) is 127 cm³/mol. The Hall–Kier alpha value is -2.92. The first-order chi connectivity index (χ1) is 14.9. The number of piperidine rings is 1. The van der Waals surface area contributed by atoms with Gasteiger partial charge < -0.3 is 19.7 Å². The molecule has 160 valence electrons. The van der Waals surface area contributed by atoms with Crippen molar-refractivity contribution in [3.63, 3.8) is 0 Å². The summed E-state index contributed by atoms with van der Waals surface area (Å²) in [6, 6.07) is 16.2. The first kappa shape index (κ1) is 20.0. The molecule has 5 rings (SSSR count). The topological polar surface area (TPSA) is 40.5 Å². The minimum atomic E-state index is -0.177. The number of aromatic nitrogens is 1. The second-order valence-corrected chi connectivity index (χ2v) is 9.26. The summed E-state index contributed by atoms with van der Waals surface area (Å²) in [7, 11) is 4.02. The summed E-state index contributed by atoms with van der Waals surface area (Å²) in [4.78, 5) is 17.3. The minimum Gasteiger partial charge on any atom is -0.377 e. The summed E-state index contributed by atoms with van der Waals surface area (Å²) < 4.78 is 2.23. The van der Waals surface area contributed by atoms with E-state index in [2.05, 4.69) is 46.1 Å². The number of rotatable bonds is 2. The van der Waals surface area contributed by atoms with Crippen molar-refractivity contribution in [2.75, 3.05) is 37.4 Å². The molecule has 31 heavy (non-hydrogen) atoms. The number of carbonyl (C=O) groups is 1. The molecule has 2 aliphatic heterocycles. The summed E-state index contributed by atoms with van der Waals surface area (Å²) in [5.41, 5.74) is 6.23. The summed E-state index contributed by atoms with van der Waals surface area (Å²) in [5, 5.41) is 4.52. The van der Waals surface area contributed by atoms with Gasteiger partial charge in [0.05, 0.1) is 16.9 Å². The van der Waals surface area contributed by atoms with Crippen LogP contribution in [0.2, 0.25) is 5.02 Å². The highest BCUT2D eigenvalue weighted by Gasteiger charge is 2.42. The average molecular weight is 435 g/mol. The lowest BCUT2D eigenvalue weighted by molar-refractivity contribution is 0.0676. The van der Waals surface area contributed by atoms with Gasteiger partial charge in [-0.2, -0.15) is 0 Å². The number of nitrogens with one attached hydrogen (secondary N) is 1. The van der Waals surface area contributed by atoms with E-state index in [9.17, 15) is 4.79 Å². The first-order valence-corrected chi connectivity index (χ1v) is 11.1. The van der Waals surface area contributed by atoms with Crippen LogP contribution in [0.4, 0.5) is 11.4 Å². The van der Waals surface area contributed by atoms with Crippen molar-refractivity contribution < 1.29 is 4.79 Å². The van der Waals surface area contributed by atoms with Crippen molar-refractivity contribution in [1.82, 2.24) is 9.47 Å². The molecule has 1 saturated heterocycles. The van der Waals surface area contributed by atoms with E-state index in [1.54, 1.807) is 0 Å². The molecule has 1 spiro atoms. The molecule has 1 amide bonds. The van der Waals surface area contributed by atoms with E-state index < -0.39 is 0 Å². The molecular weight excluding hydrogens is 408 g/mol. The zero-order valence-corrected chi connectivity index (χ0v) is 18.9. The monoisotopic (exact) mass is 434 g/mol. The van der Waals surface area contributed by atoms with Crippen LogP contribution in [-0.4, -0.2) is 42.6 Å². The van der Waals surface area contributed by atoms with Gasteiger partial charge in [0.25, 0.3) is 5.91 Å². The number of hydrogen-bond donors (Lipinski definition) is 1. The van der Waals surface area contributed by atoms with Gasteiger partial charge in [-0.1, -0.05) is 17.7 Å². The summed E-state index contributed by atoms with van der Waals surface area (Å²) in [6.07, 6.45) is 3.81. The van der Waals surface area contributed by atoms with Crippen molar-refractivity contribution in [3.8, 4) is 5.69 Å². The lowest BCUT2D eigenvalue weighted by Crippen LogP contribution is -2.51. The Bertz CT molecular complexity index is 1160. The van der Waals surface area contributed by atoms with Gasteiger partial charge in [0, 0.05) is 55.3 Å². The molecule has 1 fully saturated rings. The van der Waals surface area contributed by atoms with Crippen LogP contribution in [0.15, 0.2) is 54.7 Å². The molecule has 3 aromatic rings. The largest absolute Gasteiger partial charge is 0.377 e. The van der Waals surface area contributed by atoms with E-state index in [1.165, 1.54) is 11.3 Å². The molecule has 2 aromatic carbocycles. The van der Waals surface area contributed by atoms with Gasteiger partial charge in [-0.05, 0) is 67.8 Å². The Kier molecular flexibility index (Phi) is 4.74. The normalized spacial score (nSPS) is 16.5. The molecule has 5 nitrogen and oxygen atoms in total. The smallest absolute Gasteiger partial charge is 0.253 e. The van der Waals surface area contributed by atoms with Crippen molar-refractivity contribution in [1.29, 1.82) is 0 Å². The van der Waals surface area contributed by atoms with Crippen LogP contribution in [0.1, 0.15) is 34.5 Å². The van der Waals surface area contributed by atoms with Gasteiger partial charge in [-0.3, -0.25) is 4.79 Å². The Balaban J connectivity index is 1.39. The van der Waals surface area contributed by atoms with Crippen molar-refractivity contribution in [2.24, 2.45) is 0 Å². The number of halogens is 1. The second-order valence-electron chi connectivity index (χ2n) is 8.82. The van der Waals surface area contributed by atoms with Crippen molar-refractivity contribution in [2.45, 2.75) is 25.3 Å². The molecule has 1 N–H and O–H groups in total. The maximum atomic E-state index is 13.3. The number of hydrogen-bond acceptors (Lipinski definition) is 3. The molecule has 0 radical (unpaired) electrons. The maximum absolute atomic E-state index is 13.3. The number of anilines is 2. The minimum absolute atomic E-state index is 0.108. The molecular formula is C25H27ClN4O. The molecule has 1 aromatic heterocycles. The molecule has 0 saturated carbocycles. The lowest BCUT2D eigenvalue weighted by Gasteiger charge is -2.46. The average Bonchev–Trinajstić information content (AvgIpc) is 3.26. The summed E-state index contributed by atoms with van der Waals surface area (Å²) in [5.74, 6) is 0.108. The molecule has 2 aliphatic rings. The van der Waals surface area contributed by atoms with Gasteiger partial charge in [0.2, 0.25) is 0 Å². The van der Waals surface area contributed by atoms with E-state index in [1.807, 2.05) is 49.3 Å². The summed E-state index contributed by atoms with van der Waals surface area (Å²) in [6.45, 7) is 3.50. The van der Waals surface area contributed by atoms with Crippen molar-refractivity contribution in [3.05, 3.63) is 76.6 Å². The Morgan fingerprint density at radius 2 is 1.87 bits per heavy atom. The van der Waals surface area contributed by atoms with Gasteiger partial charge in [-0.15, -0.1) is 0 Å². The molecule has 0 atom stereocenters. The number of nitrogens with zero attached hydrogens (tertiary/aromatic N) is 3. The van der Waals surface area contributed by atoms with Crippen LogP contribution in [0.25, 0.3) is 5.69 Å². The van der Waals surface area contributed by atoms with E-state index in [-0.39, 0.29) is 11.4 Å². The number of fused-ring (bicyclic) bond motifs is 4. The number of aryl methyl sites for hydroxylation is 1. The second kappa shape index (κ2) is 7.34. The quantitative estimate of drug-likeness (QED) is 0.612. The number of benzene rings is 2. The fourth-order valence-electron chi connectivity index (χ4n) is 4.99. The molecule has 0 bridgehead atoms. The summed E-state index contributed by atoms with van der Waals surface area (Å²) >= 11 is 6.25. The van der Waals surface area contributed by atoms with Crippen LogP contribution in [0.5, 0.6) is 0 Å². The highest BCUT2D eigenvalue weighted by molar-refractivity contribution is 6.30. The standard InChI is InChI=1S/C25H27ClN4O/c1-17-6-7-18(15-21(17)28(2)3)24(31)29-13-10-25(11-14-29)23-5-4-12-30(23)22-16-19(26)8-9-20(22)27-25/h4-9,12,15-16,27H,10-11,13-14H2,1-3H3. The lowest BCUT2D eigenvalue weighted by atomic mass is 9.82. The van der Waals surface area contributed by atoms with Crippen LogP contribution in [0.3, 0.4) is 0 Å². The number of likely N-dealkylation sites (tertiary alicyclic amines) is 1. The molecule has 6 heteroatoms. The number of carbonyl (C=O) groups excluding carboxylic acids is 1. The van der Waals surface area contributed by atoms with E-state index >= 15 is 0 Å². The van der Waals surface area contributed by atoms with E-state index in [0.717, 1.165) is 40.5 Å². The highest BCUT2D eigenvalue weighted by atomic mass is 35.5. The third kappa shape index (κ3) is 3.28. The molecule has 3 heterocycles. The maximum Gasteiger partial charge on any atom is 0.253 e. The highest BCUT2D eigenvalue weighted by Crippen LogP contribution is 2.44. The fourth-order valence-corrected chi connectivity index (χ4v) is 5.16. The van der Waals surface area contributed by atoms with Gasteiger partial charge >= 0.3 is 0 Å². The van der Waals surface area contributed by atoms with Crippen LogP contribution < -0.4 is 10.2 Å². The van der Waals surface area contributed by atoms with Crippen molar-refractivity contribution >= 4 is 28.9 Å². The zero-order chi connectivity index (χ0) is 21.8. The Morgan fingerprint density at radius 1 is 1.10 bits per heavy atom. The van der Waals surface area contributed by atoms with Gasteiger partial charge in [0.15, 0.2) is 0 Å². The van der Waals surface area contributed by atoms with Crippen LogP contribution >= 0.6 is 11.6 Å². The van der Waals surface area contributed by atoms with Gasteiger partial charge in [0.1, 0.15) is 0 Å². The van der Waals surface area contributed by atoms with E-state index in [4.69, 9.17) is 11.6 Å².